The smallest absolute Gasteiger partial charge is 0.251 e. The summed E-state index contributed by atoms with van der Waals surface area (Å²) < 4.78 is 5.02. The van der Waals surface area contributed by atoms with Crippen molar-refractivity contribution in [1.82, 2.24) is 10.7 Å². The zero-order chi connectivity index (χ0) is 18.9. The molecule has 0 aliphatic heterocycles. The Morgan fingerprint density at radius 2 is 1.96 bits per heavy atom. The van der Waals surface area contributed by atoms with Gasteiger partial charge >= 0.3 is 0 Å². The van der Waals surface area contributed by atoms with Crippen molar-refractivity contribution in [3.05, 3.63) is 58.6 Å². The number of halogens is 1. The minimum atomic E-state index is -0.377. The quantitative estimate of drug-likeness (QED) is 0.510. The standard InChI is InChI=1S/C18H18ClN3O4/c1-26-15-5-2-12(3-6-15)18(25)20-9-8-17(24)22-21-11-13-10-14(19)4-7-16(13)23/h2-7,10-11,23H,8-9H2,1H3,(H,20,25)(H,22,24)/b21-11+. The molecule has 8 heteroatoms. The van der Waals surface area contributed by atoms with Crippen molar-refractivity contribution in [1.29, 1.82) is 0 Å². The molecule has 0 aliphatic rings. The number of carbonyl (C=O) groups excluding carboxylic acids is 2. The lowest BCUT2D eigenvalue weighted by Gasteiger charge is -2.05. The predicted octanol–water partition coefficient (Wildman–Crippen LogP) is 2.32. The summed E-state index contributed by atoms with van der Waals surface area (Å²) in [5, 5.41) is 16.5. The SMILES string of the molecule is COc1ccc(C(=O)NCCC(=O)N/N=C/c2cc(Cl)ccc2O)cc1. The van der Waals surface area contributed by atoms with Gasteiger partial charge in [-0.2, -0.15) is 5.10 Å². The van der Waals surface area contributed by atoms with Gasteiger partial charge in [-0.25, -0.2) is 5.43 Å². The van der Waals surface area contributed by atoms with Gasteiger partial charge in [0.15, 0.2) is 0 Å². The van der Waals surface area contributed by atoms with Gasteiger partial charge in [-0.1, -0.05) is 11.6 Å². The zero-order valence-corrected chi connectivity index (χ0v) is 14.8. The fourth-order valence-corrected chi connectivity index (χ4v) is 2.17. The first-order valence-electron chi connectivity index (χ1n) is 7.72. The van der Waals surface area contributed by atoms with E-state index >= 15 is 0 Å². The van der Waals surface area contributed by atoms with Crippen LogP contribution in [0, 0.1) is 0 Å². The van der Waals surface area contributed by atoms with Gasteiger partial charge in [-0.3, -0.25) is 9.59 Å². The molecule has 2 aromatic carbocycles. The van der Waals surface area contributed by atoms with Gasteiger partial charge in [-0.05, 0) is 42.5 Å². The molecule has 0 saturated heterocycles. The van der Waals surface area contributed by atoms with E-state index in [9.17, 15) is 14.7 Å². The summed E-state index contributed by atoms with van der Waals surface area (Å²) in [7, 11) is 1.55. The third-order valence-corrected chi connectivity index (χ3v) is 3.61. The van der Waals surface area contributed by atoms with Crippen LogP contribution in [0.1, 0.15) is 22.3 Å². The molecule has 0 aliphatic carbocycles. The molecule has 2 amide bonds. The Morgan fingerprint density at radius 3 is 2.65 bits per heavy atom. The van der Waals surface area contributed by atoms with Crippen molar-refractivity contribution in [3.8, 4) is 11.5 Å². The van der Waals surface area contributed by atoms with Crippen molar-refractivity contribution >= 4 is 29.6 Å². The van der Waals surface area contributed by atoms with Crippen molar-refractivity contribution in [2.45, 2.75) is 6.42 Å². The number of aromatic hydroxyl groups is 1. The zero-order valence-electron chi connectivity index (χ0n) is 14.0. The summed E-state index contributed by atoms with van der Waals surface area (Å²) in [5.74, 6) is -0.00529. The largest absolute Gasteiger partial charge is 0.507 e. The molecule has 0 fully saturated rings. The lowest BCUT2D eigenvalue weighted by Crippen LogP contribution is -2.29. The predicted molar refractivity (Wildman–Crippen MR) is 98.8 cm³/mol. The van der Waals surface area contributed by atoms with Gasteiger partial charge in [0.05, 0.1) is 13.3 Å². The highest BCUT2D eigenvalue weighted by atomic mass is 35.5. The van der Waals surface area contributed by atoms with Crippen molar-refractivity contribution < 1.29 is 19.4 Å². The first-order chi connectivity index (χ1) is 12.5. The molecule has 26 heavy (non-hydrogen) atoms. The molecular weight excluding hydrogens is 358 g/mol. The lowest BCUT2D eigenvalue weighted by atomic mass is 10.2. The van der Waals surface area contributed by atoms with E-state index in [0.29, 0.717) is 21.9 Å². The van der Waals surface area contributed by atoms with E-state index in [4.69, 9.17) is 16.3 Å². The highest BCUT2D eigenvalue weighted by molar-refractivity contribution is 6.30. The van der Waals surface area contributed by atoms with Crippen LogP contribution in [0.2, 0.25) is 5.02 Å². The molecule has 2 aromatic rings. The van der Waals surface area contributed by atoms with Gasteiger partial charge in [0.1, 0.15) is 11.5 Å². The van der Waals surface area contributed by atoms with Crippen LogP contribution in [-0.4, -0.2) is 36.8 Å². The number of rotatable bonds is 7. The average Bonchev–Trinajstić information content (AvgIpc) is 2.64. The number of amides is 2. The molecule has 136 valence electrons. The van der Waals surface area contributed by atoms with Crippen LogP contribution >= 0.6 is 11.6 Å². The summed E-state index contributed by atoms with van der Waals surface area (Å²) in [4.78, 5) is 23.6. The number of benzene rings is 2. The monoisotopic (exact) mass is 375 g/mol. The Labute approximate surface area is 155 Å². The molecule has 3 N–H and O–H groups in total. The van der Waals surface area contributed by atoms with Crippen LogP contribution < -0.4 is 15.5 Å². The van der Waals surface area contributed by atoms with Gasteiger partial charge in [0.2, 0.25) is 5.91 Å². The van der Waals surface area contributed by atoms with Gasteiger partial charge in [-0.15, -0.1) is 0 Å². The molecule has 0 radical (unpaired) electrons. The van der Waals surface area contributed by atoms with Crippen LogP contribution in [0.3, 0.4) is 0 Å². The fraction of sp³-hybridized carbons (Fsp3) is 0.167. The summed E-state index contributed by atoms with van der Waals surface area (Å²) in [6.07, 6.45) is 1.34. The van der Waals surface area contributed by atoms with E-state index < -0.39 is 0 Å². The van der Waals surface area contributed by atoms with Crippen molar-refractivity contribution in [3.63, 3.8) is 0 Å². The number of carbonyl (C=O) groups is 2. The van der Waals surface area contributed by atoms with Crippen LogP contribution in [0.4, 0.5) is 0 Å². The number of ether oxygens (including phenoxy) is 1. The van der Waals surface area contributed by atoms with Crippen molar-refractivity contribution in [2.24, 2.45) is 5.10 Å². The molecule has 0 heterocycles. The number of nitrogens with zero attached hydrogens (tertiary/aromatic N) is 1. The first-order valence-corrected chi connectivity index (χ1v) is 8.10. The minimum Gasteiger partial charge on any atom is -0.507 e. The van der Waals surface area contributed by atoms with E-state index in [0.717, 1.165) is 0 Å². The highest BCUT2D eigenvalue weighted by Crippen LogP contribution is 2.19. The number of phenols is 1. The number of phenolic OH excluding ortho intramolecular Hbond substituents is 1. The lowest BCUT2D eigenvalue weighted by molar-refractivity contribution is -0.120. The Morgan fingerprint density at radius 1 is 1.23 bits per heavy atom. The molecule has 0 saturated carbocycles. The van der Waals surface area contributed by atoms with Gasteiger partial charge in [0.25, 0.3) is 5.91 Å². The number of hydrazone groups is 1. The van der Waals surface area contributed by atoms with Crippen LogP contribution in [0.25, 0.3) is 0 Å². The molecule has 0 unspecified atom stereocenters. The summed E-state index contributed by atoms with van der Waals surface area (Å²) in [5.41, 5.74) is 3.17. The number of methoxy groups -OCH3 is 1. The van der Waals surface area contributed by atoms with Crippen LogP contribution in [0.5, 0.6) is 11.5 Å². The van der Waals surface area contributed by atoms with Crippen LogP contribution in [0.15, 0.2) is 47.6 Å². The normalized spacial score (nSPS) is 10.5. The summed E-state index contributed by atoms with van der Waals surface area (Å²) in [6, 6.07) is 11.1. The Balaban J connectivity index is 1.75. The number of hydrogen-bond donors (Lipinski definition) is 3. The fourth-order valence-electron chi connectivity index (χ4n) is 1.99. The Bertz CT molecular complexity index is 807. The maximum atomic E-state index is 11.9. The Hall–Kier alpha value is -3.06. The third-order valence-electron chi connectivity index (χ3n) is 3.37. The van der Waals surface area contributed by atoms with Crippen molar-refractivity contribution in [2.75, 3.05) is 13.7 Å². The summed E-state index contributed by atoms with van der Waals surface area (Å²) >= 11 is 5.82. The third kappa shape index (κ3) is 5.78. The van der Waals surface area contributed by atoms with Gasteiger partial charge in [0, 0.05) is 29.1 Å². The van der Waals surface area contributed by atoms with Crippen LogP contribution in [-0.2, 0) is 4.79 Å². The number of hydrogen-bond acceptors (Lipinski definition) is 5. The minimum absolute atomic E-state index is 0.000783. The highest BCUT2D eigenvalue weighted by Gasteiger charge is 2.06. The second-order valence-electron chi connectivity index (χ2n) is 5.23. The van der Waals surface area contributed by atoms with E-state index in [1.165, 1.54) is 24.4 Å². The van der Waals surface area contributed by atoms with Gasteiger partial charge < -0.3 is 15.2 Å². The molecule has 0 aromatic heterocycles. The van der Waals surface area contributed by atoms with E-state index in [2.05, 4.69) is 15.8 Å². The second kappa shape index (κ2) is 9.43. The first kappa shape index (κ1) is 19.3. The maximum absolute atomic E-state index is 11.9. The Kier molecular flexibility index (Phi) is 6.99. The van der Waals surface area contributed by atoms with E-state index in [-0.39, 0.29) is 30.5 Å². The molecule has 0 bridgehead atoms. The average molecular weight is 376 g/mol. The maximum Gasteiger partial charge on any atom is 0.251 e. The molecule has 0 atom stereocenters. The topological polar surface area (TPSA) is 100 Å². The second-order valence-corrected chi connectivity index (χ2v) is 5.67. The molecule has 7 nitrogen and oxygen atoms in total. The number of nitrogens with one attached hydrogen (secondary N) is 2. The van der Waals surface area contributed by atoms with E-state index in [1.54, 1.807) is 31.4 Å². The molecule has 2 rings (SSSR count). The molecule has 0 spiro atoms. The van der Waals surface area contributed by atoms with E-state index in [1.807, 2.05) is 0 Å². The summed E-state index contributed by atoms with van der Waals surface area (Å²) in [6.45, 7) is 0.161. The molecular formula is C18H18ClN3O4.